The Morgan fingerprint density at radius 1 is 1.13 bits per heavy atom. The Morgan fingerprint density at radius 3 is 2.57 bits per heavy atom. The lowest BCUT2D eigenvalue weighted by atomic mass is 9.94. The molecule has 0 saturated heterocycles. The van der Waals surface area contributed by atoms with E-state index >= 15 is 0 Å². The Bertz CT molecular complexity index is 995. The van der Waals surface area contributed by atoms with Crippen molar-refractivity contribution in [2.75, 3.05) is 12.4 Å². The highest BCUT2D eigenvalue weighted by atomic mass is 32.2. The zero-order valence-corrected chi connectivity index (χ0v) is 17.7. The number of benzene rings is 2. The van der Waals surface area contributed by atoms with Crippen molar-refractivity contribution in [1.82, 2.24) is 4.72 Å². The highest BCUT2D eigenvalue weighted by molar-refractivity contribution is 7.89. The molecule has 0 aromatic heterocycles. The van der Waals surface area contributed by atoms with Crippen LogP contribution in [0.5, 0.6) is 5.75 Å². The van der Waals surface area contributed by atoms with E-state index in [0.29, 0.717) is 31.4 Å². The third kappa shape index (κ3) is 5.70. The molecule has 3 rings (SSSR count). The number of hydrogen-bond acceptors (Lipinski definition) is 5. The van der Waals surface area contributed by atoms with Crippen LogP contribution in [0.3, 0.4) is 0 Å². The predicted molar refractivity (Wildman–Crippen MR) is 111 cm³/mol. The molecule has 30 heavy (non-hydrogen) atoms. The van der Waals surface area contributed by atoms with Gasteiger partial charge in [0.2, 0.25) is 10.0 Å². The van der Waals surface area contributed by atoms with E-state index in [9.17, 15) is 17.6 Å². The molecule has 0 bridgehead atoms. The number of nitrogens with one attached hydrogen (secondary N) is 2. The molecule has 1 aliphatic rings. The van der Waals surface area contributed by atoms with Crippen molar-refractivity contribution in [2.24, 2.45) is 0 Å². The zero-order chi connectivity index (χ0) is 21.7. The molecule has 162 valence electrons. The lowest BCUT2D eigenvalue weighted by Gasteiger charge is -2.29. The Labute approximate surface area is 175 Å². The van der Waals surface area contributed by atoms with Crippen molar-refractivity contribution in [3.63, 3.8) is 0 Å². The second-order valence-corrected chi connectivity index (χ2v) is 8.98. The Hall–Kier alpha value is -2.65. The van der Waals surface area contributed by atoms with Crippen LogP contribution in [-0.4, -0.2) is 33.8 Å². The molecule has 2 atom stereocenters. The SMILES string of the molecule is COc1ccc(C)cc1S(=O)(=O)NC1CCCC(OC(=O)Nc2ccc(F)cc2)C1. The molecule has 0 aliphatic heterocycles. The first kappa shape index (κ1) is 22.0. The number of amides is 1. The summed E-state index contributed by atoms with van der Waals surface area (Å²) in [7, 11) is -2.37. The molecule has 9 heteroatoms. The van der Waals surface area contributed by atoms with Crippen molar-refractivity contribution in [2.45, 2.75) is 49.6 Å². The van der Waals surface area contributed by atoms with Gasteiger partial charge in [0.05, 0.1) is 7.11 Å². The van der Waals surface area contributed by atoms with Crippen molar-refractivity contribution in [3.8, 4) is 5.75 Å². The van der Waals surface area contributed by atoms with E-state index in [0.717, 1.165) is 5.56 Å². The molecular formula is C21H25FN2O5S. The minimum Gasteiger partial charge on any atom is -0.495 e. The van der Waals surface area contributed by atoms with Gasteiger partial charge in [-0.05, 0) is 68.1 Å². The molecule has 0 heterocycles. The van der Waals surface area contributed by atoms with Crippen molar-refractivity contribution in [3.05, 3.63) is 53.8 Å². The van der Waals surface area contributed by atoms with Crippen LogP contribution >= 0.6 is 0 Å². The van der Waals surface area contributed by atoms with Gasteiger partial charge in [0.25, 0.3) is 0 Å². The summed E-state index contributed by atoms with van der Waals surface area (Å²) in [6.07, 6.45) is 1.29. The number of methoxy groups -OCH3 is 1. The normalized spacial score (nSPS) is 19.2. The fourth-order valence-corrected chi connectivity index (χ4v) is 5.00. The number of hydrogen-bond donors (Lipinski definition) is 2. The third-order valence-corrected chi connectivity index (χ3v) is 6.46. The number of aryl methyl sites for hydroxylation is 1. The maximum Gasteiger partial charge on any atom is 0.411 e. The van der Waals surface area contributed by atoms with Gasteiger partial charge in [0.1, 0.15) is 22.6 Å². The first-order chi connectivity index (χ1) is 14.3. The summed E-state index contributed by atoms with van der Waals surface area (Å²) in [6.45, 7) is 1.81. The molecule has 0 radical (unpaired) electrons. The lowest BCUT2D eigenvalue weighted by molar-refractivity contribution is 0.0793. The molecule has 7 nitrogen and oxygen atoms in total. The molecule has 1 fully saturated rings. The molecule has 2 N–H and O–H groups in total. The van der Waals surface area contributed by atoms with Crippen LogP contribution < -0.4 is 14.8 Å². The Morgan fingerprint density at radius 2 is 1.87 bits per heavy atom. The largest absolute Gasteiger partial charge is 0.495 e. The fraction of sp³-hybridized carbons (Fsp3) is 0.381. The van der Waals surface area contributed by atoms with Gasteiger partial charge >= 0.3 is 6.09 Å². The van der Waals surface area contributed by atoms with Crippen molar-refractivity contribution in [1.29, 1.82) is 0 Å². The van der Waals surface area contributed by atoms with Crippen LogP contribution in [0.4, 0.5) is 14.9 Å². The molecule has 1 saturated carbocycles. The first-order valence-electron chi connectivity index (χ1n) is 9.67. The maximum absolute atomic E-state index is 13.0. The highest BCUT2D eigenvalue weighted by Gasteiger charge is 2.30. The van der Waals surface area contributed by atoms with Gasteiger partial charge in [-0.3, -0.25) is 5.32 Å². The van der Waals surface area contributed by atoms with E-state index in [1.807, 2.05) is 6.92 Å². The molecule has 2 aromatic rings. The van der Waals surface area contributed by atoms with Crippen LogP contribution in [0.15, 0.2) is 47.4 Å². The van der Waals surface area contributed by atoms with Crippen LogP contribution in [0.25, 0.3) is 0 Å². The van der Waals surface area contributed by atoms with E-state index in [1.165, 1.54) is 31.4 Å². The number of carbonyl (C=O) groups excluding carboxylic acids is 1. The number of rotatable bonds is 6. The van der Waals surface area contributed by atoms with Gasteiger partial charge in [0, 0.05) is 18.2 Å². The average Bonchev–Trinajstić information content (AvgIpc) is 2.69. The standard InChI is InChI=1S/C21H25FN2O5S/c1-14-6-11-19(28-2)20(12-14)30(26,27)24-17-4-3-5-18(13-17)29-21(25)23-16-9-7-15(22)8-10-16/h6-12,17-18,24H,3-5,13H2,1-2H3,(H,23,25). The first-order valence-corrected chi connectivity index (χ1v) is 11.2. The average molecular weight is 437 g/mol. The third-order valence-electron chi connectivity index (χ3n) is 4.92. The highest BCUT2D eigenvalue weighted by Crippen LogP contribution is 2.27. The van der Waals surface area contributed by atoms with Gasteiger partial charge in [-0.25, -0.2) is 22.3 Å². The van der Waals surface area contributed by atoms with E-state index in [2.05, 4.69) is 10.0 Å². The number of carbonyl (C=O) groups is 1. The Balaban J connectivity index is 1.61. The minimum atomic E-state index is -3.80. The van der Waals surface area contributed by atoms with Crippen LogP contribution in [-0.2, 0) is 14.8 Å². The van der Waals surface area contributed by atoms with E-state index in [1.54, 1.807) is 18.2 Å². The smallest absolute Gasteiger partial charge is 0.411 e. The quantitative estimate of drug-likeness (QED) is 0.714. The topological polar surface area (TPSA) is 93.7 Å². The maximum atomic E-state index is 13.0. The number of halogens is 1. The van der Waals surface area contributed by atoms with Crippen LogP contribution in [0, 0.1) is 12.7 Å². The summed E-state index contributed by atoms with van der Waals surface area (Å²) in [5.74, 6) is -0.128. The molecular weight excluding hydrogens is 411 g/mol. The monoisotopic (exact) mass is 436 g/mol. The fourth-order valence-electron chi connectivity index (χ4n) is 3.47. The summed E-state index contributed by atoms with van der Waals surface area (Å²) in [5.41, 5.74) is 1.22. The van der Waals surface area contributed by atoms with Gasteiger partial charge in [0.15, 0.2) is 0 Å². The number of ether oxygens (including phenoxy) is 2. The van der Waals surface area contributed by atoms with Gasteiger partial charge in [-0.2, -0.15) is 0 Å². The summed E-state index contributed by atoms with van der Waals surface area (Å²) < 4.78 is 52.1. The predicted octanol–water partition coefficient (Wildman–Crippen LogP) is 3.98. The minimum absolute atomic E-state index is 0.0853. The summed E-state index contributed by atoms with van der Waals surface area (Å²) in [5, 5.41) is 2.54. The summed E-state index contributed by atoms with van der Waals surface area (Å²) >= 11 is 0. The number of anilines is 1. The van der Waals surface area contributed by atoms with Gasteiger partial charge < -0.3 is 9.47 Å². The van der Waals surface area contributed by atoms with E-state index in [4.69, 9.17) is 9.47 Å². The zero-order valence-electron chi connectivity index (χ0n) is 16.9. The second kappa shape index (κ2) is 9.44. The van der Waals surface area contributed by atoms with Gasteiger partial charge in [-0.1, -0.05) is 6.07 Å². The Kier molecular flexibility index (Phi) is 6.94. The molecule has 2 unspecified atom stereocenters. The molecule has 1 aliphatic carbocycles. The van der Waals surface area contributed by atoms with Crippen molar-refractivity contribution >= 4 is 21.8 Å². The van der Waals surface area contributed by atoms with Crippen LogP contribution in [0.2, 0.25) is 0 Å². The second-order valence-electron chi connectivity index (χ2n) is 7.30. The lowest BCUT2D eigenvalue weighted by Crippen LogP contribution is -2.41. The summed E-state index contributed by atoms with van der Waals surface area (Å²) in [4.78, 5) is 12.2. The summed E-state index contributed by atoms with van der Waals surface area (Å²) in [6, 6.07) is 9.94. The van der Waals surface area contributed by atoms with Crippen LogP contribution in [0.1, 0.15) is 31.2 Å². The number of sulfonamides is 1. The molecule has 1 amide bonds. The molecule has 0 spiro atoms. The van der Waals surface area contributed by atoms with E-state index < -0.39 is 28.0 Å². The molecule has 2 aromatic carbocycles. The van der Waals surface area contributed by atoms with Gasteiger partial charge in [-0.15, -0.1) is 0 Å². The van der Waals surface area contributed by atoms with E-state index in [-0.39, 0.29) is 16.7 Å². The van der Waals surface area contributed by atoms with Crippen molar-refractivity contribution < 1.29 is 27.1 Å².